The van der Waals surface area contributed by atoms with Crippen LogP contribution in [0.25, 0.3) is 0 Å². The van der Waals surface area contributed by atoms with E-state index in [2.05, 4.69) is 26.6 Å². The molecule has 0 aliphatic carbocycles. The van der Waals surface area contributed by atoms with Crippen LogP contribution < -0.4 is 10.6 Å². The number of halogens is 1. The molecule has 0 saturated carbocycles. The smallest absolute Gasteiger partial charge is 0.244 e. The summed E-state index contributed by atoms with van der Waals surface area (Å²) in [5.41, 5.74) is 0.427. The van der Waals surface area contributed by atoms with Crippen LogP contribution in [-0.2, 0) is 4.79 Å². The second kappa shape index (κ2) is 4.55. The molecule has 1 aliphatic heterocycles. The lowest BCUT2D eigenvalue weighted by Crippen LogP contribution is -2.47. The molecule has 2 rings (SSSR count). The number of amides is 1. The van der Waals surface area contributed by atoms with Gasteiger partial charge in [-0.2, -0.15) is 0 Å². The first-order valence-electron chi connectivity index (χ1n) is 5.42. The summed E-state index contributed by atoms with van der Waals surface area (Å²) in [6, 6.07) is 7.61. The van der Waals surface area contributed by atoms with E-state index in [0.717, 1.165) is 29.5 Å². The molecular weight excluding hydrogens is 268 g/mol. The van der Waals surface area contributed by atoms with Gasteiger partial charge in [0, 0.05) is 10.2 Å². The standard InChI is InChI=1S/C12H15BrN2O/c1-12(7-2-8-14-12)11(16)15-10-5-3-9(13)4-6-10/h3-6,14H,2,7-8H2,1H3,(H,15,16). The van der Waals surface area contributed by atoms with Crippen molar-refractivity contribution in [3.05, 3.63) is 28.7 Å². The zero-order valence-electron chi connectivity index (χ0n) is 9.22. The minimum absolute atomic E-state index is 0.0484. The van der Waals surface area contributed by atoms with Crippen molar-refractivity contribution in [3.8, 4) is 0 Å². The summed E-state index contributed by atoms with van der Waals surface area (Å²) in [6.07, 6.45) is 1.96. The predicted molar refractivity (Wildman–Crippen MR) is 68.4 cm³/mol. The number of carbonyl (C=O) groups excluding carboxylic acids is 1. The number of benzene rings is 1. The lowest BCUT2D eigenvalue weighted by atomic mass is 9.99. The fourth-order valence-corrected chi connectivity index (χ4v) is 2.16. The van der Waals surface area contributed by atoms with Crippen LogP contribution in [0.4, 0.5) is 5.69 Å². The molecular formula is C12H15BrN2O. The molecule has 0 aromatic heterocycles. The number of carbonyl (C=O) groups is 1. The molecule has 1 aliphatic rings. The molecule has 4 heteroatoms. The highest BCUT2D eigenvalue weighted by Gasteiger charge is 2.35. The van der Waals surface area contributed by atoms with Crippen molar-refractivity contribution in [2.45, 2.75) is 25.3 Å². The van der Waals surface area contributed by atoms with E-state index in [-0.39, 0.29) is 5.91 Å². The normalized spacial score (nSPS) is 24.4. The Labute approximate surface area is 104 Å². The van der Waals surface area contributed by atoms with Crippen LogP contribution in [0.1, 0.15) is 19.8 Å². The Bertz CT molecular complexity index is 383. The highest BCUT2D eigenvalue weighted by Crippen LogP contribution is 2.21. The molecule has 1 heterocycles. The summed E-state index contributed by atoms with van der Waals surface area (Å²) in [5, 5.41) is 6.17. The van der Waals surface area contributed by atoms with E-state index in [4.69, 9.17) is 0 Å². The summed E-state index contributed by atoms with van der Waals surface area (Å²) in [4.78, 5) is 12.0. The third-order valence-electron chi connectivity index (χ3n) is 2.97. The average Bonchev–Trinajstić information content (AvgIpc) is 2.70. The van der Waals surface area contributed by atoms with Crippen LogP contribution in [0.15, 0.2) is 28.7 Å². The van der Waals surface area contributed by atoms with Crippen LogP contribution in [0, 0.1) is 0 Å². The Kier molecular flexibility index (Phi) is 3.30. The molecule has 3 nitrogen and oxygen atoms in total. The largest absolute Gasteiger partial charge is 0.324 e. The van der Waals surface area contributed by atoms with Crippen molar-refractivity contribution in [1.29, 1.82) is 0 Å². The molecule has 1 aromatic carbocycles. The molecule has 2 N–H and O–H groups in total. The summed E-state index contributed by atoms with van der Waals surface area (Å²) in [6.45, 7) is 2.87. The topological polar surface area (TPSA) is 41.1 Å². The Morgan fingerprint density at radius 2 is 2.12 bits per heavy atom. The average molecular weight is 283 g/mol. The first kappa shape index (κ1) is 11.6. The van der Waals surface area contributed by atoms with E-state index in [1.165, 1.54) is 0 Å². The minimum Gasteiger partial charge on any atom is -0.324 e. The minimum atomic E-state index is -0.410. The fourth-order valence-electron chi connectivity index (χ4n) is 1.89. The lowest BCUT2D eigenvalue weighted by Gasteiger charge is -2.23. The maximum Gasteiger partial charge on any atom is 0.244 e. The Morgan fingerprint density at radius 3 is 2.69 bits per heavy atom. The van der Waals surface area contributed by atoms with Crippen molar-refractivity contribution in [2.24, 2.45) is 0 Å². The van der Waals surface area contributed by atoms with Gasteiger partial charge in [-0.05, 0) is 50.6 Å². The molecule has 0 radical (unpaired) electrons. The Balaban J connectivity index is 2.04. The number of hydrogen-bond donors (Lipinski definition) is 2. The Morgan fingerprint density at radius 1 is 1.44 bits per heavy atom. The highest BCUT2D eigenvalue weighted by atomic mass is 79.9. The summed E-state index contributed by atoms with van der Waals surface area (Å²) >= 11 is 3.36. The van der Waals surface area contributed by atoms with E-state index >= 15 is 0 Å². The van der Waals surface area contributed by atoms with Crippen LogP contribution >= 0.6 is 15.9 Å². The summed E-state index contributed by atoms with van der Waals surface area (Å²) in [7, 11) is 0. The SMILES string of the molecule is CC1(C(=O)Nc2ccc(Br)cc2)CCCN1. The molecule has 1 amide bonds. The maximum atomic E-state index is 12.0. The molecule has 1 saturated heterocycles. The van der Waals surface area contributed by atoms with Gasteiger partial charge in [-0.1, -0.05) is 15.9 Å². The van der Waals surface area contributed by atoms with Gasteiger partial charge >= 0.3 is 0 Å². The number of rotatable bonds is 2. The van der Waals surface area contributed by atoms with Crippen LogP contribution in [0.5, 0.6) is 0 Å². The quantitative estimate of drug-likeness (QED) is 0.875. The molecule has 0 spiro atoms. The van der Waals surface area contributed by atoms with Crippen LogP contribution in [0.3, 0.4) is 0 Å². The summed E-state index contributed by atoms with van der Waals surface area (Å²) < 4.78 is 1.01. The van der Waals surface area contributed by atoms with Gasteiger partial charge in [0.15, 0.2) is 0 Å². The lowest BCUT2D eigenvalue weighted by molar-refractivity contribution is -0.121. The third-order valence-corrected chi connectivity index (χ3v) is 3.50. The summed E-state index contributed by atoms with van der Waals surface area (Å²) in [5.74, 6) is 0.0484. The monoisotopic (exact) mass is 282 g/mol. The number of hydrogen-bond acceptors (Lipinski definition) is 2. The van der Waals surface area contributed by atoms with Crippen molar-refractivity contribution >= 4 is 27.5 Å². The van der Waals surface area contributed by atoms with Crippen molar-refractivity contribution in [1.82, 2.24) is 5.32 Å². The van der Waals surface area contributed by atoms with Gasteiger partial charge in [-0.25, -0.2) is 0 Å². The third kappa shape index (κ3) is 2.44. The molecule has 1 aromatic rings. The van der Waals surface area contributed by atoms with Crippen molar-refractivity contribution in [3.63, 3.8) is 0 Å². The van der Waals surface area contributed by atoms with Crippen molar-refractivity contribution in [2.75, 3.05) is 11.9 Å². The first-order chi connectivity index (χ1) is 7.60. The van der Waals surface area contributed by atoms with Gasteiger partial charge in [-0.15, -0.1) is 0 Å². The van der Waals surface area contributed by atoms with Crippen LogP contribution in [-0.4, -0.2) is 18.0 Å². The van der Waals surface area contributed by atoms with Gasteiger partial charge < -0.3 is 10.6 Å². The second-order valence-corrected chi connectivity index (χ2v) is 5.24. The van der Waals surface area contributed by atoms with Gasteiger partial charge in [0.1, 0.15) is 0 Å². The van der Waals surface area contributed by atoms with Gasteiger partial charge in [0.25, 0.3) is 0 Å². The molecule has 0 bridgehead atoms. The second-order valence-electron chi connectivity index (χ2n) is 4.32. The zero-order chi connectivity index (χ0) is 11.6. The molecule has 86 valence electrons. The molecule has 1 atom stereocenters. The van der Waals surface area contributed by atoms with Gasteiger partial charge in [-0.3, -0.25) is 4.79 Å². The van der Waals surface area contributed by atoms with Gasteiger partial charge in [0.05, 0.1) is 5.54 Å². The fraction of sp³-hybridized carbons (Fsp3) is 0.417. The number of nitrogens with one attached hydrogen (secondary N) is 2. The maximum absolute atomic E-state index is 12.0. The van der Waals surface area contributed by atoms with Crippen LogP contribution in [0.2, 0.25) is 0 Å². The Hall–Kier alpha value is -0.870. The van der Waals surface area contributed by atoms with Gasteiger partial charge in [0.2, 0.25) is 5.91 Å². The predicted octanol–water partition coefficient (Wildman–Crippen LogP) is 2.53. The van der Waals surface area contributed by atoms with E-state index < -0.39 is 5.54 Å². The highest BCUT2D eigenvalue weighted by molar-refractivity contribution is 9.10. The van der Waals surface area contributed by atoms with Crippen molar-refractivity contribution < 1.29 is 4.79 Å². The first-order valence-corrected chi connectivity index (χ1v) is 6.21. The van der Waals surface area contributed by atoms with E-state index in [9.17, 15) is 4.79 Å². The van der Waals surface area contributed by atoms with E-state index in [1.807, 2.05) is 31.2 Å². The number of anilines is 1. The zero-order valence-corrected chi connectivity index (χ0v) is 10.8. The molecule has 1 fully saturated rings. The molecule has 1 unspecified atom stereocenters. The molecule has 16 heavy (non-hydrogen) atoms. The van der Waals surface area contributed by atoms with E-state index in [0.29, 0.717) is 0 Å². The van der Waals surface area contributed by atoms with E-state index in [1.54, 1.807) is 0 Å².